The molecule has 0 aliphatic rings. The molecule has 1 heterocycles. The number of nitriles is 1. The van der Waals surface area contributed by atoms with Gasteiger partial charge < -0.3 is 5.32 Å². The van der Waals surface area contributed by atoms with E-state index in [0.29, 0.717) is 22.8 Å². The number of benzene rings is 1. The van der Waals surface area contributed by atoms with E-state index in [1.165, 1.54) is 0 Å². The van der Waals surface area contributed by atoms with Gasteiger partial charge in [-0.3, -0.25) is 4.98 Å². The van der Waals surface area contributed by atoms with Crippen LogP contribution in [-0.4, -0.2) is 4.98 Å². The summed E-state index contributed by atoms with van der Waals surface area (Å²) in [7, 11) is 0. The quantitative estimate of drug-likeness (QED) is 0.808. The molecule has 96 valence electrons. The molecule has 0 radical (unpaired) electrons. The zero-order chi connectivity index (χ0) is 13.8. The third-order valence-electron chi connectivity index (χ3n) is 2.43. The molecule has 6 heteroatoms. The van der Waals surface area contributed by atoms with Crippen LogP contribution in [0.1, 0.15) is 11.3 Å². The predicted octanol–water partition coefficient (Wildman–Crippen LogP) is 4.74. The first-order valence-electron chi connectivity index (χ1n) is 5.33. The van der Waals surface area contributed by atoms with Crippen LogP contribution < -0.4 is 5.32 Å². The van der Waals surface area contributed by atoms with Crippen LogP contribution in [0.25, 0.3) is 0 Å². The number of hydrogen-bond donors (Lipinski definition) is 1. The third kappa shape index (κ3) is 3.69. The van der Waals surface area contributed by atoms with Gasteiger partial charge in [-0.25, -0.2) is 0 Å². The Bertz CT molecular complexity index is 653. The molecular formula is C13H8Br2ClN3. The molecule has 0 spiro atoms. The maximum absolute atomic E-state index is 9.03. The van der Waals surface area contributed by atoms with Crippen molar-refractivity contribution in [2.45, 2.75) is 6.54 Å². The summed E-state index contributed by atoms with van der Waals surface area (Å²) in [4.78, 5) is 4.30. The second-order valence-electron chi connectivity index (χ2n) is 3.74. The van der Waals surface area contributed by atoms with Crippen LogP contribution in [0.2, 0.25) is 5.02 Å². The summed E-state index contributed by atoms with van der Waals surface area (Å²) in [5.41, 5.74) is 2.11. The number of nitrogens with one attached hydrogen (secondary N) is 1. The minimum atomic E-state index is 0.503. The monoisotopic (exact) mass is 399 g/mol. The Labute approximate surface area is 132 Å². The number of pyridine rings is 1. The van der Waals surface area contributed by atoms with Gasteiger partial charge in [0.2, 0.25) is 0 Å². The highest BCUT2D eigenvalue weighted by atomic mass is 79.9. The summed E-state index contributed by atoms with van der Waals surface area (Å²) < 4.78 is 1.80. The molecule has 19 heavy (non-hydrogen) atoms. The Balaban J connectivity index is 2.19. The Kier molecular flexibility index (Phi) is 4.81. The van der Waals surface area contributed by atoms with E-state index in [1.54, 1.807) is 24.4 Å². The van der Waals surface area contributed by atoms with Crippen LogP contribution in [0.4, 0.5) is 5.69 Å². The van der Waals surface area contributed by atoms with Crippen LogP contribution in [-0.2, 0) is 6.54 Å². The lowest BCUT2D eigenvalue weighted by Gasteiger charge is -2.09. The lowest BCUT2D eigenvalue weighted by Crippen LogP contribution is -2.04. The Morgan fingerprint density at radius 2 is 2.11 bits per heavy atom. The zero-order valence-electron chi connectivity index (χ0n) is 9.62. The highest BCUT2D eigenvalue weighted by Gasteiger charge is 2.06. The molecule has 2 aromatic rings. The molecule has 0 saturated carbocycles. The van der Waals surface area contributed by atoms with Crippen molar-refractivity contribution in [3.8, 4) is 6.07 Å². The Morgan fingerprint density at radius 3 is 2.79 bits per heavy atom. The average Bonchev–Trinajstić information content (AvgIpc) is 2.38. The van der Waals surface area contributed by atoms with Gasteiger partial charge in [-0.15, -0.1) is 0 Å². The van der Waals surface area contributed by atoms with Gasteiger partial charge in [0.25, 0.3) is 0 Å². The van der Waals surface area contributed by atoms with Gasteiger partial charge in [0, 0.05) is 20.2 Å². The SMILES string of the molecule is N#Cc1ccc(Cl)cc1NCc1ncc(Br)cc1Br. The van der Waals surface area contributed by atoms with Crippen molar-refractivity contribution in [2.75, 3.05) is 5.32 Å². The molecule has 1 N–H and O–H groups in total. The minimum absolute atomic E-state index is 0.503. The van der Waals surface area contributed by atoms with E-state index in [9.17, 15) is 0 Å². The molecule has 0 aliphatic heterocycles. The number of anilines is 1. The smallest absolute Gasteiger partial charge is 0.101 e. The molecule has 0 aliphatic carbocycles. The zero-order valence-corrected chi connectivity index (χ0v) is 13.6. The lowest BCUT2D eigenvalue weighted by atomic mass is 10.2. The summed E-state index contributed by atoms with van der Waals surface area (Å²) >= 11 is 12.7. The minimum Gasteiger partial charge on any atom is -0.378 e. The molecule has 1 aromatic heterocycles. The standard InChI is InChI=1S/C13H8Br2ClN3/c14-9-3-11(15)13(18-6-9)7-19-12-4-10(16)2-1-8(12)5-17/h1-4,6,19H,7H2. The van der Waals surface area contributed by atoms with Crippen molar-refractivity contribution in [3.05, 3.63) is 55.7 Å². The van der Waals surface area contributed by atoms with E-state index in [4.69, 9.17) is 16.9 Å². The van der Waals surface area contributed by atoms with Crippen molar-refractivity contribution >= 4 is 49.1 Å². The molecule has 0 fully saturated rings. The predicted molar refractivity (Wildman–Crippen MR) is 83.1 cm³/mol. The summed E-state index contributed by atoms with van der Waals surface area (Å²) in [6.45, 7) is 0.503. The first-order chi connectivity index (χ1) is 9.10. The molecule has 3 nitrogen and oxygen atoms in total. The first-order valence-corrected chi connectivity index (χ1v) is 7.30. The lowest BCUT2D eigenvalue weighted by molar-refractivity contribution is 1.03. The van der Waals surface area contributed by atoms with Crippen molar-refractivity contribution in [1.29, 1.82) is 5.26 Å². The summed E-state index contributed by atoms with van der Waals surface area (Å²) in [5, 5.41) is 12.8. The highest BCUT2D eigenvalue weighted by molar-refractivity contribution is 9.11. The third-order valence-corrected chi connectivity index (χ3v) is 3.79. The normalized spacial score (nSPS) is 10.0. The number of halogens is 3. The fourth-order valence-electron chi connectivity index (χ4n) is 1.51. The molecule has 0 atom stereocenters. The van der Waals surface area contributed by atoms with Crippen LogP contribution in [0.3, 0.4) is 0 Å². The van der Waals surface area contributed by atoms with Crippen molar-refractivity contribution in [2.24, 2.45) is 0 Å². The largest absolute Gasteiger partial charge is 0.378 e. The summed E-state index contributed by atoms with van der Waals surface area (Å²) in [5.74, 6) is 0. The average molecular weight is 401 g/mol. The van der Waals surface area contributed by atoms with Crippen LogP contribution in [0.5, 0.6) is 0 Å². The highest BCUT2D eigenvalue weighted by Crippen LogP contribution is 2.23. The topological polar surface area (TPSA) is 48.7 Å². The van der Waals surface area contributed by atoms with Gasteiger partial charge in [0.1, 0.15) is 6.07 Å². The number of aromatic nitrogens is 1. The number of hydrogen-bond acceptors (Lipinski definition) is 3. The van der Waals surface area contributed by atoms with Crippen molar-refractivity contribution in [3.63, 3.8) is 0 Å². The van der Waals surface area contributed by atoms with Gasteiger partial charge in [0.05, 0.1) is 23.5 Å². The van der Waals surface area contributed by atoms with Gasteiger partial charge >= 0.3 is 0 Å². The molecule has 1 aromatic carbocycles. The van der Waals surface area contributed by atoms with Gasteiger partial charge in [-0.1, -0.05) is 11.6 Å². The van der Waals surface area contributed by atoms with E-state index in [1.807, 2.05) is 6.07 Å². The van der Waals surface area contributed by atoms with Crippen molar-refractivity contribution in [1.82, 2.24) is 4.98 Å². The molecule has 0 saturated heterocycles. The van der Waals surface area contributed by atoms with Gasteiger partial charge in [-0.2, -0.15) is 5.26 Å². The maximum Gasteiger partial charge on any atom is 0.101 e. The molecule has 0 unspecified atom stereocenters. The molecule has 0 amide bonds. The Hall–Kier alpha value is -1.09. The summed E-state index contributed by atoms with van der Waals surface area (Å²) in [6, 6.07) is 9.16. The van der Waals surface area contributed by atoms with E-state index in [2.05, 4.69) is 48.2 Å². The van der Waals surface area contributed by atoms with Crippen LogP contribution in [0, 0.1) is 11.3 Å². The summed E-state index contributed by atoms with van der Waals surface area (Å²) in [6.07, 6.45) is 1.73. The van der Waals surface area contributed by atoms with E-state index >= 15 is 0 Å². The molecule has 2 rings (SSSR count). The van der Waals surface area contributed by atoms with Crippen LogP contribution >= 0.6 is 43.5 Å². The maximum atomic E-state index is 9.03. The van der Waals surface area contributed by atoms with E-state index in [0.717, 1.165) is 14.6 Å². The first kappa shape index (κ1) is 14.3. The number of rotatable bonds is 3. The van der Waals surface area contributed by atoms with Gasteiger partial charge in [-0.05, 0) is 56.1 Å². The van der Waals surface area contributed by atoms with E-state index in [-0.39, 0.29) is 0 Å². The Morgan fingerprint density at radius 1 is 1.32 bits per heavy atom. The molecular weight excluding hydrogens is 393 g/mol. The van der Waals surface area contributed by atoms with E-state index < -0.39 is 0 Å². The fraction of sp³-hybridized carbons (Fsp3) is 0.0769. The van der Waals surface area contributed by atoms with Gasteiger partial charge in [0.15, 0.2) is 0 Å². The molecule has 0 bridgehead atoms. The fourth-order valence-corrected chi connectivity index (χ4v) is 2.81. The number of nitrogens with zero attached hydrogens (tertiary/aromatic N) is 2. The van der Waals surface area contributed by atoms with Crippen molar-refractivity contribution < 1.29 is 0 Å². The second-order valence-corrected chi connectivity index (χ2v) is 5.94. The second kappa shape index (κ2) is 6.38. The van der Waals surface area contributed by atoms with Crippen LogP contribution in [0.15, 0.2) is 39.4 Å².